The van der Waals surface area contributed by atoms with Crippen LogP contribution < -0.4 is 10.1 Å². The van der Waals surface area contributed by atoms with Gasteiger partial charge in [-0.25, -0.2) is 4.98 Å². The summed E-state index contributed by atoms with van der Waals surface area (Å²) >= 11 is 0. The maximum absolute atomic E-state index is 5.61. The van der Waals surface area contributed by atoms with Crippen molar-refractivity contribution < 1.29 is 4.74 Å². The van der Waals surface area contributed by atoms with E-state index in [2.05, 4.69) is 43.0 Å². The van der Waals surface area contributed by atoms with E-state index in [1.54, 1.807) is 0 Å². The first kappa shape index (κ1) is 13.9. The molecule has 0 saturated carbocycles. The maximum atomic E-state index is 5.61. The van der Waals surface area contributed by atoms with Gasteiger partial charge in [0, 0.05) is 30.3 Å². The lowest BCUT2D eigenvalue weighted by atomic mass is 10.2. The third-order valence-electron chi connectivity index (χ3n) is 2.27. The van der Waals surface area contributed by atoms with Gasteiger partial charge in [0.05, 0.1) is 0 Å². The smallest absolute Gasteiger partial charge is 0.216 e. The highest BCUT2D eigenvalue weighted by molar-refractivity contribution is 5.16. The number of rotatable bonds is 6. The van der Waals surface area contributed by atoms with E-state index in [1.807, 2.05) is 13.0 Å². The second kappa shape index (κ2) is 6.55. The van der Waals surface area contributed by atoms with Crippen LogP contribution in [0.4, 0.5) is 0 Å². The second-order valence-corrected chi connectivity index (χ2v) is 4.82. The normalized spacial score (nSPS) is 11.2. The minimum Gasteiger partial charge on any atom is -0.476 e. The summed E-state index contributed by atoms with van der Waals surface area (Å²) in [6.07, 6.45) is 0. The zero-order valence-electron chi connectivity index (χ0n) is 11.4. The molecule has 1 heterocycles. The number of aryl methyl sites for hydroxylation is 1. The Hall–Kier alpha value is -1.16. The fourth-order valence-corrected chi connectivity index (χ4v) is 1.40. The molecule has 0 spiro atoms. The minimum absolute atomic E-state index is 0.325. The molecule has 0 aliphatic rings. The van der Waals surface area contributed by atoms with Crippen molar-refractivity contribution in [3.63, 3.8) is 0 Å². The van der Waals surface area contributed by atoms with Crippen molar-refractivity contribution in [1.82, 2.24) is 15.3 Å². The Morgan fingerprint density at radius 2 is 1.94 bits per heavy atom. The summed E-state index contributed by atoms with van der Waals surface area (Å²) in [7, 11) is 0. The molecule has 4 heteroatoms. The molecule has 1 aromatic heterocycles. The van der Waals surface area contributed by atoms with Crippen LogP contribution in [0.3, 0.4) is 0 Å². The molecule has 0 amide bonds. The summed E-state index contributed by atoms with van der Waals surface area (Å²) in [5.74, 6) is 1.84. The van der Waals surface area contributed by atoms with Crippen molar-refractivity contribution in [3.05, 3.63) is 17.6 Å². The fraction of sp³-hybridized carbons (Fsp3) is 0.692. The third-order valence-corrected chi connectivity index (χ3v) is 2.27. The number of ether oxygens (including phenoxy) is 1. The lowest BCUT2D eigenvalue weighted by Crippen LogP contribution is -2.27. The highest BCUT2D eigenvalue weighted by Crippen LogP contribution is 2.14. The van der Waals surface area contributed by atoms with Gasteiger partial charge in [-0.1, -0.05) is 27.7 Å². The third kappa shape index (κ3) is 5.13. The second-order valence-electron chi connectivity index (χ2n) is 4.82. The van der Waals surface area contributed by atoms with Gasteiger partial charge in [-0.3, -0.25) is 0 Å². The van der Waals surface area contributed by atoms with Gasteiger partial charge in [0.25, 0.3) is 0 Å². The van der Waals surface area contributed by atoms with Crippen LogP contribution in [-0.2, 0) is 0 Å². The van der Waals surface area contributed by atoms with Gasteiger partial charge in [-0.15, -0.1) is 0 Å². The van der Waals surface area contributed by atoms with E-state index >= 15 is 0 Å². The molecule has 0 atom stereocenters. The SMILES string of the molecule is Cc1cc(OCCNC(C)C)nc(C(C)C)n1. The van der Waals surface area contributed by atoms with E-state index < -0.39 is 0 Å². The summed E-state index contributed by atoms with van der Waals surface area (Å²) in [4.78, 5) is 8.77. The molecule has 0 saturated heterocycles. The molecule has 4 nitrogen and oxygen atoms in total. The van der Waals surface area contributed by atoms with Crippen molar-refractivity contribution in [2.24, 2.45) is 0 Å². The Bertz CT molecular complexity index is 351. The van der Waals surface area contributed by atoms with E-state index in [0.29, 0.717) is 24.4 Å². The number of nitrogens with one attached hydrogen (secondary N) is 1. The Morgan fingerprint density at radius 3 is 2.53 bits per heavy atom. The zero-order valence-corrected chi connectivity index (χ0v) is 11.4. The predicted octanol–water partition coefficient (Wildman–Crippen LogP) is 2.29. The first-order chi connectivity index (χ1) is 7.99. The van der Waals surface area contributed by atoms with E-state index in [0.717, 1.165) is 18.1 Å². The van der Waals surface area contributed by atoms with E-state index in [4.69, 9.17) is 4.74 Å². The standard InChI is InChI=1S/C13H23N3O/c1-9(2)13-15-11(5)8-12(16-13)17-7-6-14-10(3)4/h8-10,14H,6-7H2,1-5H3. The van der Waals surface area contributed by atoms with Gasteiger partial charge in [0.1, 0.15) is 12.4 Å². The van der Waals surface area contributed by atoms with Crippen LogP contribution in [0.2, 0.25) is 0 Å². The summed E-state index contributed by atoms with van der Waals surface area (Å²) < 4.78 is 5.61. The quantitative estimate of drug-likeness (QED) is 0.771. The number of nitrogens with zero attached hydrogens (tertiary/aromatic N) is 2. The van der Waals surface area contributed by atoms with Gasteiger partial charge in [0.15, 0.2) is 0 Å². The minimum atomic E-state index is 0.325. The van der Waals surface area contributed by atoms with Crippen molar-refractivity contribution in [2.75, 3.05) is 13.2 Å². The van der Waals surface area contributed by atoms with Crippen LogP contribution in [0.1, 0.15) is 45.1 Å². The van der Waals surface area contributed by atoms with Crippen molar-refractivity contribution in [1.29, 1.82) is 0 Å². The molecule has 1 aromatic rings. The van der Waals surface area contributed by atoms with Crippen LogP contribution in [-0.4, -0.2) is 29.2 Å². The largest absolute Gasteiger partial charge is 0.476 e. The van der Waals surface area contributed by atoms with Crippen LogP contribution in [0.15, 0.2) is 6.07 Å². The van der Waals surface area contributed by atoms with E-state index in [9.17, 15) is 0 Å². The molecule has 0 radical (unpaired) electrons. The van der Waals surface area contributed by atoms with E-state index in [1.165, 1.54) is 0 Å². The zero-order chi connectivity index (χ0) is 12.8. The van der Waals surface area contributed by atoms with Gasteiger partial charge < -0.3 is 10.1 Å². The van der Waals surface area contributed by atoms with Crippen molar-refractivity contribution in [2.45, 2.75) is 46.6 Å². The molecule has 0 fully saturated rings. The average Bonchev–Trinajstić information content (AvgIpc) is 2.23. The van der Waals surface area contributed by atoms with Gasteiger partial charge in [-0.2, -0.15) is 4.98 Å². The topological polar surface area (TPSA) is 47.0 Å². The summed E-state index contributed by atoms with van der Waals surface area (Å²) in [6, 6.07) is 2.36. The van der Waals surface area contributed by atoms with Crippen LogP contribution in [0, 0.1) is 6.92 Å². The summed E-state index contributed by atoms with van der Waals surface area (Å²) in [6.45, 7) is 11.8. The molecular formula is C13H23N3O. The van der Waals surface area contributed by atoms with Crippen molar-refractivity contribution >= 4 is 0 Å². The Balaban J connectivity index is 2.53. The van der Waals surface area contributed by atoms with Gasteiger partial charge in [0.2, 0.25) is 5.88 Å². The first-order valence-electron chi connectivity index (χ1n) is 6.20. The lowest BCUT2D eigenvalue weighted by Gasteiger charge is -2.11. The Kier molecular flexibility index (Phi) is 5.35. The molecule has 0 aliphatic carbocycles. The van der Waals surface area contributed by atoms with E-state index in [-0.39, 0.29) is 0 Å². The summed E-state index contributed by atoms with van der Waals surface area (Å²) in [5.41, 5.74) is 0.954. The number of hydrogen-bond donors (Lipinski definition) is 1. The van der Waals surface area contributed by atoms with Gasteiger partial charge in [-0.05, 0) is 6.92 Å². The predicted molar refractivity (Wildman–Crippen MR) is 69.5 cm³/mol. The molecule has 17 heavy (non-hydrogen) atoms. The molecule has 1 N–H and O–H groups in total. The van der Waals surface area contributed by atoms with Crippen LogP contribution in [0.25, 0.3) is 0 Å². The Labute approximate surface area is 104 Å². The first-order valence-corrected chi connectivity index (χ1v) is 6.20. The molecule has 1 rings (SSSR count). The monoisotopic (exact) mass is 237 g/mol. The molecule has 0 aliphatic heterocycles. The molecule has 0 aromatic carbocycles. The molecule has 0 unspecified atom stereocenters. The average molecular weight is 237 g/mol. The molecule has 96 valence electrons. The number of hydrogen-bond acceptors (Lipinski definition) is 4. The van der Waals surface area contributed by atoms with Crippen LogP contribution in [0.5, 0.6) is 5.88 Å². The molecular weight excluding hydrogens is 214 g/mol. The van der Waals surface area contributed by atoms with Crippen LogP contribution >= 0.6 is 0 Å². The number of aromatic nitrogens is 2. The Morgan fingerprint density at radius 1 is 1.24 bits per heavy atom. The highest BCUT2D eigenvalue weighted by atomic mass is 16.5. The summed E-state index contributed by atoms with van der Waals surface area (Å²) in [5, 5.41) is 3.30. The highest BCUT2D eigenvalue weighted by Gasteiger charge is 2.06. The lowest BCUT2D eigenvalue weighted by molar-refractivity contribution is 0.295. The van der Waals surface area contributed by atoms with Crippen molar-refractivity contribution in [3.8, 4) is 5.88 Å². The molecule has 0 bridgehead atoms. The maximum Gasteiger partial charge on any atom is 0.216 e. The van der Waals surface area contributed by atoms with Gasteiger partial charge >= 0.3 is 0 Å². The fourth-order valence-electron chi connectivity index (χ4n) is 1.40.